The predicted molar refractivity (Wildman–Crippen MR) is 95.7 cm³/mol. The van der Waals surface area contributed by atoms with Gasteiger partial charge in [-0.05, 0) is 31.9 Å². The third-order valence-electron chi connectivity index (χ3n) is 3.77. The van der Waals surface area contributed by atoms with E-state index in [0.29, 0.717) is 33.1 Å². The van der Waals surface area contributed by atoms with Gasteiger partial charge in [-0.3, -0.25) is 5.43 Å². The topological polar surface area (TPSA) is 50.7 Å². The maximum atomic E-state index is 12.2. The molecule has 0 saturated heterocycles. The monoisotopic (exact) mass is 376 g/mol. The normalized spacial score (nSPS) is 16.3. The van der Waals surface area contributed by atoms with Crippen molar-refractivity contribution in [3.8, 4) is 0 Å². The molecule has 0 amide bonds. The Morgan fingerprint density at radius 3 is 2.39 bits per heavy atom. The summed E-state index contributed by atoms with van der Waals surface area (Å²) in [4.78, 5) is 12.2. The van der Waals surface area contributed by atoms with Crippen molar-refractivity contribution in [1.82, 2.24) is 0 Å². The molecule has 1 aromatic carbocycles. The number of carbonyl (C=O) groups is 1. The molecule has 0 spiro atoms. The number of benzene rings is 1. The van der Waals surface area contributed by atoms with Crippen LogP contribution in [0, 0.1) is 5.92 Å². The highest BCUT2D eigenvalue weighted by Gasteiger charge is 2.26. The lowest BCUT2D eigenvalue weighted by Crippen LogP contribution is -2.29. The van der Waals surface area contributed by atoms with Gasteiger partial charge in [0, 0.05) is 10.9 Å². The van der Waals surface area contributed by atoms with Crippen molar-refractivity contribution in [2.75, 3.05) is 12.0 Å². The van der Waals surface area contributed by atoms with Gasteiger partial charge in [0.15, 0.2) is 0 Å². The highest BCUT2D eigenvalue weighted by atomic mass is 35.5. The molecule has 0 radical (unpaired) electrons. The zero-order chi connectivity index (χ0) is 16.8. The second-order valence-corrected chi connectivity index (χ2v) is 6.66. The van der Waals surface area contributed by atoms with Crippen molar-refractivity contribution in [2.45, 2.75) is 39.0 Å². The van der Waals surface area contributed by atoms with Crippen LogP contribution in [0.3, 0.4) is 0 Å². The minimum atomic E-state index is -0.395. The quantitative estimate of drug-likeness (QED) is 0.415. The summed E-state index contributed by atoms with van der Waals surface area (Å²) in [5, 5.41) is 5.40. The van der Waals surface area contributed by atoms with Crippen molar-refractivity contribution in [1.29, 1.82) is 0 Å². The molecule has 1 N–H and O–H groups in total. The number of carbonyl (C=O) groups excluding carboxylic acids is 1. The summed E-state index contributed by atoms with van der Waals surface area (Å²) < 4.78 is 5.13. The average Bonchev–Trinajstić information content (AvgIpc) is 2.51. The van der Waals surface area contributed by atoms with Crippen LogP contribution in [0.25, 0.3) is 0 Å². The Hall–Kier alpha value is -0.970. The van der Waals surface area contributed by atoms with Crippen LogP contribution < -0.4 is 5.43 Å². The summed E-state index contributed by atoms with van der Waals surface area (Å²) in [7, 11) is 0. The molecule has 1 aliphatic carbocycles. The number of hydrazone groups is 1. The zero-order valence-electron chi connectivity index (χ0n) is 12.9. The average molecular weight is 378 g/mol. The summed E-state index contributed by atoms with van der Waals surface area (Å²) in [6, 6.07) is 3.13. The number of nitrogens with one attached hydrogen (secondary N) is 1. The lowest BCUT2D eigenvalue weighted by molar-refractivity contribution is -0.135. The fourth-order valence-electron chi connectivity index (χ4n) is 2.65. The number of halogens is 3. The zero-order valence-corrected chi connectivity index (χ0v) is 15.1. The Balaban J connectivity index is 2.24. The molecule has 4 nitrogen and oxygen atoms in total. The van der Waals surface area contributed by atoms with Crippen molar-refractivity contribution in [2.24, 2.45) is 11.0 Å². The largest absolute Gasteiger partial charge is 0.461 e. The van der Waals surface area contributed by atoms with Crippen LogP contribution in [0.5, 0.6) is 0 Å². The molecule has 1 fully saturated rings. The maximum absolute atomic E-state index is 12.2. The van der Waals surface area contributed by atoms with E-state index >= 15 is 0 Å². The van der Waals surface area contributed by atoms with Gasteiger partial charge >= 0.3 is 5.97 Å². The molecule has 0 bridgehead atoms. The SMILES string of the molecule is CCOC(=O)C(=NNc1c(Cl)cc(Cl)cc1Cl)C1CCCCC1. The van der Waals surface area contributed by atoms with Crippen LogP contribution in [-0.4, -0.2) is 18.3 Å². The summed E-state index contributed by atoms with van der Waals surface area (Å²) in [6.45, 7) is 2.09. The molecule has 23 heavy (non-hydrogen) atoms. The van der Waals surface area contributed by atoms with E-state index in [0.717, 1.165) is 25.7 Å². The predicted octanol–water partition coefficient (Wildman–Crippen LogP) is 5.56. The fraction of sp³-hybridized carbons (Fsp3) is 0.500. The van der Waals surface area contributed by atoms with E-state index in [-0.39, 0.29) is 5.92 Å². The van der Waals surface area contributed by atoms with Gasteiger partial charge in [-0.25, -0.2) is 4.79 Å². The fourth-order valence-corrected chi connectivity index (χ4v) is 3.55. The van der Waals surface area contributed by atoms with Gasteiger partial charge in [-0.1, -0.05) is 54.1 Å². The smallest absolute Gasteiger partial charge is 0.354 e. The van der Waals surface area contributed by atoms with Crippen LogP contribution in [0.2, 0.25) is 15.1 Å². The molecule has 0 aromatic heterocycles. The lowest BCUT2D eigenvalue weighted by atomic mass is 9.86. The molecule has 7 heteroatoms. The van der Waals surface area contributed by atoms with E-state index in [1.807, 2.05) is 0 Å². The molecule has 1 saturated carbocycles. The highest BCUT2D eigenvalue weighted by Crippen LogP contribution is 2.34. The Labute approximate surface area is 151 Å². The van der Waals surface area contributed by atoms with Gasteiger partial charge in [0.05, 0.1) is 22.3 Å². The molecular weight excluding hydrogens is 359 g/mol. The molecule has 126 valence electrons. The van der Waals surface area contributed by atoms with E-state index in [9.17, 15) is 4.79 Å². The van der Waals surface area contributed by atoms with E-state index < -0.39 is 5.97 Å². The third-order valence-corrected chi connectivity index (χ3v) is 4.59. The molecule has 0 aliphatic heterocycles. The van der Waals surface area contributed by atoms with Gasteiger partial charge in [0.25, 0.3) is 0 Å². The first-order chi connectivity index (χ1) is 11.0. The minimum Gasteiger partial charge on any atom is -0.461 e. The highest BCUT2D eigenvalue weighted by molar-refractivity contribution is 6.42. The van der Waals surface area contributed by atoms with Crippen LogP contribution in [0.4, 0.5) is 5.69 Å². The van der Waals surface area contributed by atoms with Crippen LogP contribution >= 0.6 is 34.8 Å². The first-order valence-corrected chi connectivity index (χ1v) is 8.81. The molecule has 0 heterocycles. The summed E-state index contributed by atoms with van der Waals surface area (Å²) in [6.07, 6.45) is 5.23. The van der Waals surface area contributed by atoms with Crippen LogP contribution in [-0.2, 0) is 9.53 Å². The van der Waals surface area contributed by atoms with Crippen molar-refractivity contribution < 1.29 is 9.53 Å². The van der Waals surface area contributed by atoms with Gasteiger partial charge in [0.1, 0.15) is 5.71 Å². The van der Waals surface area contributed by atoms with Crippen molar-refractivity contribution in [3.05, 3.63) is 27.2 Å². The Kier molecular flexibility index (Phi) is 7.00. The number of ether oxygens (including phenoxy) is 1. The molecule has 2 rings (SSSR count). The van der Waals surface area contributed by atoms with Crippen molar-refractivity contribution >= 4 is 52.2 Å². The Bertz CT molecular complexity index is 576. The lowest BCUT2D eigenvalue weighted by Gasteiger charge is -2.22. The summed E-state index contributed by atoms with van der Waals surface area (Å²) in [5.41, 5.74) is 3.63. The molecule has 0 unspecified atom stereocenters. The summed E-state index contributed by atoms with van der Waals surface area (Å²) in [5.74, 6) is -0.298. The number of nitrogens with zero attached hydrogens (tertiary/aromatic N) is 1. The maximum Gasteiger partial charge on any atom is 0.354 e. The minimum absolute atomic E-state index is 0.0974. The number of hydrogen-bond donors (Lipinski definition) is 1. The van der Waals surface area contributed by atoms with Crippen molar-refractivity contribution in [3.63, 3.8) is 0 Å². The first-order valence-electron chi connectivity index (χ1n) is 7.68. The molecular formula is C16H19Cl3N2O2. The van der Waals surface area contributed by atoms with E-state index in [4.69, 9.17) is 39.5 Å². The van der Waals surface area contributed by atoms with Gasteiger partial charge in [-0.2, -0.15) is 5.10 Å². The molecule has 1 aliphatic rings. The van der Waals surface area contributed by atoms with Gasteiger partial charge in [0.2, 0.25) is 0 Å². The van der Waals surface area contributed by atoms with E-state index in [2.05, 4.69) is 10.5 Å². The first kappa shape index (κ1) is 18.4. The molecule has 1 aromatic rings. The number of rotatable bonds is 5. The second-order valence-electron chi connectivity index (χ2n) is 5.41. The standard InChI is InChI=1S/C16H19Cl3N2O2/c1-2-23-16(22)14(10-6-4-3-5-7-10)20-21-15-12(18)8-11(17)9-13(15)19/h8-10,21H,2-7H2,1H3. The number of esters is 1. The second kappa shape index (κ2) is 8.76. The van der Waals surface area contributed by atoms with E-state index in [1.54, 1.807) is 19.1 Å². The number of anilines is 1. The molecule has 0 atom stereocenters. The Morgan fingerprint density at radius 2 is 1.83 bits per heavy atom. The van der Waals surface area contributed by atoms with Gasteiger partial charge < -0.3 is 4.74 Å². The third kappa shape index (κ3) is 5.00. The van der Waals surface area contributed by atoms with Crippen LogP contribution in [0.15, 0.2) is 17.2 Å². The van der Waals surface area contributed by atoms with E-state index in [1.165, 1.54) is 6.42 Å². The summed E-state index contributed by atoms with van der Waals surface area (Å²) >= 11 is 18.1. The van der Waals surface area contributed by atoms with Gasteiger partial charge in [-0.15, -0.1) is 0 Å². The van der Waals surface area contributed by atoms with Crippen LogP contribution in [0.1, 0.15) is 39.0 Å². The Morgan fingerprint density at radius 1 is 1.22 bits per heavy atom. The number of hydrogen-bond acceptors (Lipinski definition) is 4.